The van der Waals surface area contributed by atoms with Crippen LogP contribution in [0, 0.1) is 0 Å². The smallest absolute Gasteiger partial charge is 0.402 e. The molecule has 0 bridgehead atoms. The van der Waals surface area contributed by atoms with Gasteiger partial charge in [0.15, 0.2) is 0 Å². The van der Waals surface area contributed by atoms with Crippen molar-refractivity contribution < 1.29 is 32.7 Å². The summed E-state index contributed by atoms with van der Waals surface area (Å²) in [4.78, 5) is 35.3. The number of amides is 2. The van der Waals surface area contributed by atoms with Gasteiger partial charge in [0.25, 0.3) is 11.8 Å². The molecule has 2 aromatic carbocycles. The van der Waals surface area contributed by atoms with E-state index in [0.717, 1.165) is 31.2 Å². The van der Waals surface area contributed by atoms with E-state index >= 15 is 0 Å². The van der Waals surface area contributed by atoms with Crippen molar-refractivity contribution in [1.82, 2.24) is 10.6 Å². The molecule has 154 valence electrons. The van der Waals surface area contributed by atoms with Gasteiger partial charge in [-0.3, -0.25) is 9.59 Å². The van der Waals surface area contributed by atoms with Gasteiger partial charge in [-0.2, -0.15) is 13.2 Å². The van der Waals surface area contributed by atoms with E-state index in [0.29, 0.717) is 0 Å². The summed E-state index contributed by atoms with van der Waals surface area (Å²) < 4.78 is 42.7. The predicted octanol–water partition coefficient (Wildman–Crippen LogP) is 2.97. The Labute approximate surface area is 164 Å². The normalized spacial score (nSPS) is 13.3. The molecule has 0 aliphatic rings. The van der Waals surface area contributed by atoms with E-state index in [4.69, 9.17) is 0 Å². The highest BCUT2D eigenvalue weighted by atomic mass is 19.4. The number of carboxylic acid groups (broad SMARTS) is 1. The molecule has 0 aromatic heterocycles. The third-order valence-electron chi connectivity index (χ3n) is 4.80. The summed E-state index contributed by atoms with van der Waals surface area (Å²) in [5, 5.41) is 13.8. The zero-order valence-electron chi connectivity index (χ0n) is 15.8. The van der Waals surface area contributed by atoms with Crippen LogP contribution in [0.4, 0.5) is 13.2 Å². The summed E-state index contributed by atoms with van der Waals surface area (Å²) in [6, 6.07) is 7.96. The molecule has 9 heteroatoms. The van der Waals surface area contributed by atoms with Crippen molar-refractivity contribution in [3.05, 3.63) is 70.3 Å². The molecule has 0 saturated heterocycles. The quantitative estimate of drug-likeness (QED) is 0.709. The zero-order chi connectivity index (χ0) is 22.0. The maximum absolute atomic E-state index is 14.2. The Kier molecular flexibility index (Phi) is 6.01. The lowest BCUT2D eigenvalue weighted by molar-refractivity contribution is -0.173. The Morgan fingerprint density at radius 1 is 0.862 bits per heavy atom. The predicted molar refractivity (Wildman–Crippen MR) is 99.1 cm³/mol. The highest BCUT2D eigenvalue weighted by Gasteiger charge is 2.53. The van der Waals surface area contributed by atoms with Gasteiger partial charge in [0, 0.05) is 19.7 Å². The first kappa shape index (κ1) is 21.9. The SMILES string of the molecule is CNC(=O)c1cccc(C(C)(c2ccc(C(=O)O)c(C(=O)NC)c2)C(F)(F)F)c1. The lowest BCUT2D eigenvalue weighted by atomic mass is 9.74. The van der Waals surface area contributed by atoms with Crippen LogP contribution in [0.25, 0.3) is 0 Å². The first-order chi connectivity index (χ1) is 13.5. The van der Waals surface area contributed by atoms with Crippen LogP contribution < -0.4 is 10.6 Å². The van der Waals surface area contributed by atoms with E-state index in [-0.39, 0.29) is 16.7 Å². The van der Waals surface area contributed by atoms with Crippen LogP contribution in [-0.4, -0.2) is 43.2 Å². The van der Waals surface area contributed by atoms with Crippen molar-refractivity contribution in [2.24, 2.45) is 0 Å². The second kappa shape index (κ2) is 7.94. The fraction of sp³-hybridized carbons (Fsp3) is 0.250. The number of alkyl halides is 3. The molecule has 0 fully saturated rings. The Hall–Kier alpha value is -3.36. The van der Waals surface area contributed by atoms with Crippen molar-refractivity contribution in [1.29, 1.82) is 0 Å². The van der Waals surface area contributed by atoms with Crippen LogP contribution >= 0.6 is 0 Å². The summed E-state index contributed by atoms with van der Waals surface area (Å²) in [5.41, 5.74) is -3.93. The van der Waals surface area contributed by atoms with Gasteiger partial charge >= 0.3 is 12.1 Å². The first-order valence-electron chi connectivity index (χ1n) is 8.46. The van der Waals surface area contributed by atoms with Crippen LogP contribution in [-0.2, 0) is 5.41 Å². The van der Waals surface area contributed by atoms with Crippen molar-refractivity contribution >= 4 is 17.8 Å². The van der Waals surface area contributed by atoms with Gasteiger partial charge in [-0.15, -0.1) is 0 Å². The van der Waals surface area contributed by atoms with Gasteiger partial charge in [0.1, 0.15) is 5.41 Å². The monoisotopic (exact) mass is 408 g/mol. The summed E-state index contributed by atoms with van der Waals surface area (Å²) in [6.07, 6.45) is -4.81. The van der Waals surface area contributed by atoms with Gasteiger partial charge < -0.3 is 15.7 Å². The number of nitrogens with one attached hydrogen (secondary N) is 2. The average Bonchev–Trinajstić information content (AvgIpc) is 2.70. The molecule has 0 saturated carbocycles. The molecular formula is C20H19F3N2O4. The molecule has 1 atom stereocenters. The topological polar surface area (TPSA) is 95.5 Å². The van der Waals surface area contributed by atoms with Crippen molar-refractivity contribution in [3.8, 4) is 0 Å². The third-order valence-corrected chi connectivity index (χ3v) is 4.80. The standard InChI is InChI=1S/C20H19F3N2O4/c1-19(20(21,22)23,12-6-4-5-11(9-12)16(26)24-2)13-7-8-14(18(28)29)15(10-13)17(27)25-3/h4-10H,1-3H3,(H,24,26)(H,25,27)(H,28,29). The van der Waals surface area contributed by atoms with Crippen LogP contribution in [0.1, 0.15) is 49.1 Å². The van der Waals surface area contributed by atoms with E-state index < -0.39 is 40.5 Å². The summed E-state index contributed by atoms with van der Waals surface area (Å²) in [6.45, 7) is 0.916. The number of rotatable bonds is 5. The fourth-order valence-corrected chi connectivity index (χ4v) is 2.97. The molecule has 2 aromatic rings. The molecule has 29 heavy (non-hydrogen) atoms. The molecule has 2 amide bonds. The van der Waals surface area contributed by atoms with Gasteiger partial charge in [-0.05, 0) is 42.3 Å². The Morgan fingerprint density at radius 2 is 1.45 bits per heavy atom. The Morgan fingerprint density at radius 3 is 1.97 bits per heavy atom. The van der Waals surface area contributed by atoms with E-state index in [9.17, 15) is 32.7 Å². The fourth-order valence-electron chi connectivity index (χ4n) is 2.97. The summed E-state index contributed by atoms with van der Waals surface area (Å²) >= 11 is 0. The number of carbonyl (C=O) groups excluding carboxylic acids is 2. The lowest BCUT2D eigenvalue weighted by Gasteiger charge is -2.34. The van der Waals surface area contributed by atoms with E-state index in [1.54, 1.807) is 0 Å². The average molecular weight is 408 g/mol. The summed E-state index contributed by atoms with van der Waals surface area (Å²) in [7, 11) is 2.61. The van der Waals surface area contributed by atoms with Crippen molar-refractivity contribution in [2.45, 2.75) is 18.5 Å². The van der Waals surface area contributed by atoms with E-state index in [2.05, 4.69) is 10.6 Å². The summed E-state index contributed by atoms with van der Waals surface area (Å²) in [5.74, 6) is -2.82. The molecule has 2 rings (SSSR count). The van der Waals surface area contributed by atoms with Gasteiger partial charge in [-0.1, -0.05) is 18.2 Å². The minimum absolute atomic E-state index is 0.0363. The van der Waals surface area contributed by atoms with E-state index in [1.165, 1.54) is 32.3 Å². The number of hydrogen-bond donors (Lipinski definition) is 3. The molecular weight excluding hydrogens is 389 g/mol. The zero-order valence-corrected chi connectivity index (χ0v) is 15.8. The van der Waals surface area contributed by atoms with E-state index in [1.807, 2.05) is 0 Å². The van der Waals surface area contributed by atoms with Gasteiger partial charge in [-0.25, -0.2) is 4.79 Å². The highest BCUT2D eigenvalue weighted by Crippen LogP contribution is 2.46. The third kappa shape index (κ3) is 3.94. The molecule has 0 heterocycles. The molecule has 6 nitrogen and oxygen atoms in total. The second-order valence-electron chi connectivity index (χ2n) is 6.43. The van der Waals surface area contributed by atoms with Crippen LogP contribution in [0.3, 0.4) is 0 Å². The molecule has 0 spiro atoms. The number of benzene rings is 2. The highest BCUT2D eigenvalue weighted by molar-refractivity contribution is 6.05. The lowest BCUT2D eigenvalue weighted by Crippen LogP contribution is -2.41. The maximum Gasteiger partial charge on any atom is 0.402 e. The minimum atomic E-state index is -4.81. The van der Waals surface area contributed by atoms with Gasteiger partial charge in [0.2, 0.25) is 0 Å². The molecule has 1 unspecified atom stereocenters. The number of aromatic carboxylic acids is 1. The number of carbonyl (C=O) groups is 3. The van der Waals surface area contributed by atoms with Crippen LogP contribution in [0.15, 0.2) is 42.5 Å². The van der Waals surface area contributed by atoms with Crippen LogP contribution in [0.5, 0.6) is 0 Å². The molecule has 0 aliphatic heterocycles. The molecule has 3 N–H and O–H groups in total. The minimum Gasteiger partial charge on any atom is -0.478 e. The Balaban J connectivity index is 2.79. The molecule has 0 radical (unpaired) electrons. The first-order valence-corrected chi connectivity index (χ1v) is 8.46. The van der Waals surface area contributed by atoms with Crippen molar-refractivity contribution in [2.75, 3.05) is 14.1 Å². The number of carboxylic acids is 1. The van der Waals surface area contributed by atoms with Gasteiger partial charge in [0.05, 0.1) is 11.1 Å². The molecule has 0 aliphatic carbocycles. The number of hydrogen-bond acceptors (Lipinski definition) is 3. The number of halogens is 3. The maximum atomic E-state index is 14.2. The van der Waals surface area contributed by atoms with Crippen LogP contribution in [0.2, 0.25) is 0 Å². The van der Waals surface area contributed by atoms with Crippen molar-refractivity contribution in [3.63, 3.8) is 0 Å². The second-order valence-corrected chi connectivity index (χ2v) is 6.43. The Bertz CT molecular complexity index is 972. The largest absolute Gasteiger partial charge is 0.478 e.